The summed E-state index contributed by atoms with van der Waals surface area (Å²) in [6.07, 6.45) is 5.46. The van der Waals surface area contributed by atoms with Crippen LogP contribution < -0.4 is 5.73 Å². The molecule has 0 atom stereocenters. The first-order valence-electron chi connectivity index (χ1n) is 6.97. The van der Waals surface area contributed by atoms with Gasteiger partial charge in [0.1, 0.15) is 0 Å². The Bertz CT molecular complexity index is 561. The second-order valence-corrected chi connectivity index (χ2v) is 5.01. The van der Waals surface area contributed by atoms with E-state index in [-0.39, 0.29) is 0 Å². The summed E-state index contributed by atoms with van der Waals surface area (Å²) in [5.74, 6) is 0. The van der Waals surface area contributed by atoms with Gasteiger partial charge >= 0.3 is 0 Å². The Morgan fingerprint density at radius 3 is 1.89 bits per heavy atom. The lowest BCUT2D eigenvalue weighted by Gasteiger charge is -2.11. The molecular weight excluding hydrogens is 230 g/mol. The fourth-order valence-corrected chi connectivity index (χ4v) is 2.86. The van der Waals surface area contributed by atoms with E-state index in [1.165, 1.54) is 27.8 Å². The average molecular weight is 249 g/mol. The summed E-state index contributed by atoms with van der Waals surface area (Å²) in [5.41, 5.74) is 12.7. The average Bonchev–Trinajstić information content (AvgIpc) is 2.62. The topological polar surface area (TPSA) is 26.0 Å². The van der Waals surface area contributed by atoms with E-state index < -0.39 is 0 Å². The van der Waals surface area contributed by atoms with E-state index in [1.54, 1.807) is 0 Å². The van der Waals surface area contributed by atoms with Gasteiger partial charge in [-0.1, -0.05) is 54.6 Å². The zero-order valence-electron chi connectivity index (χ0n) is 11.1. The van der Waals surface area contributed by atoms with E-state index in [2.05, 4.69) is 54.6 Å². The second kappa shape index (κ2) is 5.41. The normalized spacial score (nSPS) is 13.4. The predicted octanol–water partition coefficient (Wildman–Crippen LogP) is 3.57. The van der Waals surface area contributed by atoms with Crippen LogP contribution >= 0.6 is 0 Å². The van der Waals surface area contributed by atoms with E-state index >= 15 is 0 Å². The van der Waals surface area contributed by atoms with Gasteiger partial charge in [0.05, 0.1) is 0 Å². The Morgan fingerprint density at radius 2 is 1.37 bits per heavy atom. The summed E-state index contributed by atoms with van der Waals surface area (Å²) in [7, 11) is 0. The van der Waals surface area contributed by atoms with Gasteiger partial charge in [-0.25, -0.2) is 0 Å². The van der Waals surface area contributed by atoms with Crippen molar-refractivity contribution in [2.45, 2.75) is 19.3 Å². The van der Waals surface area contributed by atoms with Crippen LogP contribution in [0.2, 0.25) is 0 Å². The third-order valence-corrected chi connectivity index (χ3v) is 3.79. The van der Waals surface area contributed by atoms with E-state index in [0.29, 0.717) is 6.54 Å². The number of aryl methyl sites for hydroxylation is 2. The first-order valence-corrected chi connectivity index (χ1v) is 6.97. The molecule has 0 aromatic heterocycles. The highest BCUT2D eigenvalue weighted by Gasteiger charge is 2.16. The first kappa shape index (κ1) is 12.2. The molecule has 1 aliphatic rings. The van der Waals surface area contributed by atoms with Crippen molar-refractivity contribution < 1.29 is 0 Å². The number of fused-ring (bicyclic) bond motifs is 2. The lowest BCUT2D eigenvalue weighted by Crippen LogP contribution is -1.98. The van der Waals surface area contributed by atoms with Gasteiger partial charge < -0.3 is 5.73 Å². The van der Waals surface area contributed by atoms with Gasteiger partial charge in [0.15, 0.2) is 0 Å². The van der Waals surface area contributed by atoms with Gasteiger partial charge in [-0.05, 0) is 53.6 Å². The molecule has 2 N–H and O–H groups in total. The molecule has 0 amide bonds. The summed E-state index contributed by atoms with van der Waals surface area (Å²) >= 11 is 0. The summed E-state index contributed by atoms with van der Waals surface area (Å²) in [5, 5.41) is 0. The minimum Gasteiger partial charge on any atom is -0.330 e. The number of hydrogen-bond acceptors (Lipinski definition) is 1. The summed E-state index contributed by atoms with van der Waals surface area (Å²) in [4.78, 5) is 0. The third kappa shape index (κ3) is 2.34. The third-order valence-electron chi connectivity index (χ3n) is 3.79. The maximum absolute atomic E-state index is 5.68. The van der Waals surface area contributed by atoms with Crippen molar-refractivity contribution in [1.29, 1.82) is 0 Å². The Labute approximate surface area is 114 Å². The van der Waals surface area contributed by atoms with Crippen LogP contribution in [-0.2, 0) is 12.8 Å². The molecule has 96 valence electrons. The van der Waals surface area contributed by atoms with Crippen molar-refractivity contribution in [3.8, 4) is 0 Å². The second-order valence-electron chi connectivity index (χ2n) is 5.01. The smallest absolute Gasteiger partial charge is 0.00423 e. The molecule has 0 saturated heterocycles. The number of nitrogens with two attached hydrogens (primary N) is 1. The zero-order chi connectivity index (χ0) is 13.1. The van der Waals surface area contributed by atoms with Gasteiger partial charge in [0.2, 0.25) is 0 Å². The van der Waals surface area contributed by atoms with Gasteiger partial charge in [-0.3, -0.25) is 0 Å². The molecule has 0 aliphatic heterocycles. The van der Waals surface area contributed by atoms with E-state index in [0.717, 1.165) is 19.3 Å². The van der Waals surface area contributed by atoms with E-state index in [4.69, 9.17) is 5.73 Å². The SMILES string of the molecule is NCCC=C1c2ccccc2CCc2ccccc21. The van der Waals surface area contributed by atoms with Crippen molar-refractivity contribution in [2.24, 2.45) is 5.73 Å². The molecule has 0 fully saturated rings. The van der Waals surface area contributed by atoms with Gasteiger partial charge in [-0.2, -0.15) is 0 Å². The molecule has 1 nitrogen and oxygen atoms in total. The predicted molar refractivity (Wildman–Crippen MR) is 81.0 cm³/mol. The molecule has 0 spiro atoms. The van der Waals surface area contributed by atoms with Crippen molar-refractivity contribution in [3.63, 3.8) is 0 Å². The molecule has 1 aliphatic carbocycles. The largest absolute Gasteiger partial charge is 0.330 e. The highest BCUT2D eigenvalue weighted by atomic mass is 14.5. The Morgan fingerprint density at radius 1 is 0.842 bits per heavy atom. The summed E-state index contributed by atoms with van der Waals surface area (Å²) in [6.45, 7) is 0.702. The van der Waals surface area contributed by atoms with Crippen molar-refractivity contribution in [2.75, 3.05) is 6.54 Å². The minimum absolute atomic E-state index is 0.702. The highest BCUT2D eigenvalue weighted by Crippen LogP contribution is 2.33. The highest BCUT2D eigenvalue weighted by molar-refractivity contribution is 5.83. The van der Waals surface area contributed by atoms with Crippen LogP contribution in [0.5, 0.6) is 0 Å². The van der Waals surface area contributed by atoms with Gasteiger partial charge in [-0.15, -0.1) is 0 Å². The molecule has 1 heteroatoms. The minimum atomic E-state index is 0.702. The maximum Gasteiger partial charge on any atom is -0.00423 e. The number of hydrogen-bond donors (Lipinski definition) is 1. The van der Waals surface area contributed by atoms with Crippen molar-refractivity contribution >= 4 is 5.57 Å². The van der Waals surface area contributed by atoms with Crippen LogP contribution in [0, 0.1) is 0 Å². The van der Waals surface area contributed by atoms with Crippen LogP contribution in [-0.4, -0.2) is 6.54 Å². The molecule has 3 rings (SSSR count). The number of rotatable bonds is 2. The Balaban J connectivity index is 2.19. The number of benzene rings is 2. The van der Waals surface area contributed by atoms with Crippen LogP contribution in [0.15, 0.2) is 54.6 Å². The van der Waals surface area contributed by atoms with Crippen LogP contribution in [0.1, 0.15) is 28.7 Å². The van der Waals surface area contributed by atoms with Crippen molar-refractivity contribution in [1.82, 2.24) is 0 Å². The van der Waals surface area contributed by atoms with Gasteiger partial charge in [0, 0.05) is 0 Å². The fourth-order valence-electron chi connectivity index (χ4n) is 2.86. The molecule has 2 aromatic rings. The Hall–Kier alpha value is -1.86. The zero-order valence-corrected chi connectivity index (χ0v) is 11.1. The Kier molecular flexibility index (Phi) is 3.47. The monoisotopic (exact) mass is 249 g/mol. The van der Waals surface area contributed by atoms with Crippen LogP contribution in [0.3, 0.4) is 0 Å². The van der Waals surface area contributed by atoms with E-state index in [1.807, 2.05) is 0 Å². The van der Waals surface area contributed by atoms with Crippen molar-refractivity contribution in [3.05, 3.63) is 76.9 Å². The van der Waals surface area contributed by atoms with Crippen LogP contribution in [0.4, 0.5) is 0 Å². The molecule has 2 aromatic carbocycles. The maximum atomic E-state index is 5.68. The molecule has 0 heterocycles. The lowest BCUT2D eigenvalue weighted by atomic mass is 9.93. The first-order chi connectivity index (χ1) is 9.40. The molecular formula is C18H19N. The standard InChI is InChI=1S/C18H19N/c19-13-5-10-18-16-8-3-1-6-14(16)11-12-15-7-2-4-9-17(15)18/h1-4,6-10H,5,11-13,19H2. The molecule has 0 unspecified atom stereocenters. The fraction of sp³-hybridized carbons (Fsp3) is 0.222. The van der Waals surface area contributed by atoms with E-state index in [9.17, 15) is 0 Å². The molecule has 19 heavy (non-hydrogen) atoms. The summed E-state index contributed by atoms with van der Waals surface area (Å²) in [6, 6.07) is 17.5. The molecule has 0 bridgehead atoms. The lowest BCUT2D eigenvalue weighted by molar-refractivity contribution is 0.965. The van der Waals surface area contributed by atoms with Gasteiger partial charge in [0.25, 0.3) is 0 Å². The molecule has 0 radical (unpaired) electrons. The van der Waals surface area contributed by atoms with Crippen LogP contribution in [0.25, 0.3) is 5.57 Å². The quantitative estimate of drug-likeness (QED) is 0.865. The summed E-state index contributed by atoms with van der Waals surface area (Å²) < 4.78 is 0. The molecule has 0 saturated carbocycles.